The summed E-state index contributed by atoms with van der Waals surface area (Å²) in [4.78, 5) is 0.323. The second-order valence-corrected chi connectivity index (χ2v) is 7.71. The molecule has 0 unspecified atom stereocenters. The summed E-state index contributed by atoms with van der Waals surface area (Å²) in [5.41, 5.74) is 0.230. The molecule has 1 aliphatic rings. The van der Waals surface area contributed by atoms with Crippen LogP contribution in [0.15, 0.2) is 33.6 Å². The summed E-state index contributed by atoms with van der Waals surface area (Å²) < 4.78 is 27.8. The summed E-state index contributed by atoms with van der Waals surface area (Å²) in [6.45, 7) is 2.71. The molecule has 2 rings (SSSR count). The zero-order chi connectivity index (χ0) is 13.2. The van der Waals surface area contributed by atoms with Crippen LogP contribution in [0.1, 0.15) is 32.6 Å². The van der Waals surface area contributed by atoms with Gasteiger partial charge in [-0.1, -0.05) is 35.3 Å². The van der Waals surface area contributed by atoms with Crippen LogP contribution in [-0.4, -0.2) is 15.0 Å². The molecule has 1 saturated carbocycles. The maximum atomic E-state index is 12.1. The van der Waals surface area contributed by atoms with Gasteiger partial charge < -0.3 is 0 Å². The van der Waals surface area contributed by atoms with E-state index in [1.807, 2.05) is 6.07 Å². The van der Waals surface area contributed by atoms with Gasteiger partial charge in [0.2, 0.25) is 10.0 Å². The van der Waals surface area contributed by atoms with Crippen molar-refractivity contribution in [3.63, 3.8) is 0 Å². The molecule has 0 aromatic heterocycles. The van der Waals surface area contributed by atoms with Crippen molar-refractivity contribution < 1.29 is 8.42 Å². The molecule has 0 bridgehead atoms. The fourth-order valence-corrected chi connectivity index (χ4v) is 3.94. The summed E-state index contributed by atoms with van der Waals surface area (Å²) in [5.74, 6) is 0. The zero-order valence-corrected chi connectivity index (χ0v) is 12.9. The first-order valence-electron chi connectivity index (χ1n) is 6.23. The minimum Gasteiger partial charge on any atom is -0.211 e. The zero-order valence-electron chi connectivity index (χ0n) is 10.4. The van der Waals surface area contributed by atoms with Crippen molar-refractivity contribution in [2.24, 2.45) is 5.41 Å². The second kappa shape index (κ2) is 5.31. The molecule has 1 aliphatic carbocycles. The smallest absolute Gasteiger partial charge is 0.211 e. The molecule has 1 N–H and O–H groups in total. The first-order valence-corrected chi connectivity index (χ1v) is 8.50. The lowest BCUT2D eigenvalue weighted by atomic mass is 10.0. The molecule has 0 aliphatic heterocycles. The van der Waals surface area contributed by atoms with Gasteiger partial charge in [-0.25, -0.2) is 13.1 Å². The largest absolute Gasteiger partial charge is 0.240 e. The third kappa shape index (κ3) is 3.33. The molecule has 100 valence electrons. The van der Waals surface area contributed by atoms with Crippen molar-refractivity contribution in [3.8, 4) is 0 Å². The molecule has 0 heterocycles. The van der Waals surface area contributed by atoms with Crippen LogP contribution in [0, 0.1) is 5.41 Å². The molecule has 1 aromatic rings. The van der Waals surface area contributed by atoms with E-state index in [9.17, 15) is 8.42 Å². The lowest BCUT2D eigenvalue weighted by molar-refractivity contribution is 0.449. The Morgan fingerprint density at radius 2 is 2.11 bits per heavy atom. The van der Waals surface area contributed by atoms with Crippen LogP contribution in [0.25, 0.3) is 0 Å². The molecule has 1 aromatic carbocycles. The first kappa shape index (κ1) is 14.0. The van der Waals surface area contributed by atoms with Crippen LogP contribution in [0.3, 0.4) is 0 Å². The Labute approximate surface area is 117 Å². The van der Waals surface area contributed by atoms with Gasteiger partial charge in [0.1, 0.15) is 0 Å². The van der Waals surface area contributed by atoms with E-state index in [0.717, 1.165) is 30.2 Å². The van der Waals surface area contributed by atoms with Gasteiger partial charge in [0.25, 0.3) is 0 Å². The molecule has 3 nitrogen and oxygen atoms in total. The third-order valence-corrected chi connectivity index (χ3v) is 5.37. The summed E-state index contributed by atoms with van der Waals surface area (Å²) in [5, 5.41) is 0. The third-order valence-electron chi connectivity index (χ3n) is 3.48. The molecule has 5 heteroatoms. The highest BCUT2D eigenvalue weighted by Crippen LogP contribution is 2.49. The molecule has 0 amide bonds. The number of halogens is 1. The van der Waals surface area contributed by atoms with E-state index in [4.69, 9.17) is 0 Å². The quantitative estimate of drug-likeness (QED) is 0.869. The maximum Gasteiger partial charge on any atom is 0.240 e. The Bertz CT molecular complexity index is 524. The summed E-state index contributed by atoms with van der Waals surface area (Å²) >= 11 is 3.29. The van der Waals surface area contributed by atoms with Gasteiger partial charge in [0.05, 0.1) is 4.90 Å². The van der Waals surface area contributed by atoms with Crippen LogP contribution in [0.5, 0.6) is 0 Å². The van der Waals surface area contributed by atoms with Gasteiger partial charge in [-0.2, -0.15) is 0 Å². The molecule has 0 spiro atoms. The van der Waals surface area contributed by atoms with Crippen molar-refractivity contribution in [1.82, 2.24) is 4.72 Å². The highest BCUT2D eigenvalue weighted by Gasteiger charge is 2.42. The van der Waals surface area contributed by atoms with Crippen LogP contribution in [0.2, 0.25) is 0 Å². The van der Waals surface area contributed by atoms with Crippen molar-refractivity contribution >= 4 is 26.0 Å². The predicted octanol–water partition coefficient (Wildman–Crippen LogP) is 3.31. The number of benzene rings is 1. The Balaban J connectivity index is 2.04. The van der Waals surface area contributed by atoms with Crippen molar-refractivity contribution in [1.29, 1.82) is 0 Å². The van der Waals surface area contributed by atoms with Crippen LogP contribution < -0.4 is 4.72 Å². The number of hydrogen-bond acceptors (Lipinski definition) is 2. The summed E-state index contributed by atoms with van der Waals surface area (Å²) in [6.07, 6.45) is 4.50. The summed E-state index contributed by atoms with van der Waals surface area (Å²) in [7, 11) is -3.37. The van der Waals surface area contributed by atoms with Crippen molar-refractivity contribution in [2.75, 3.05) is 6.54 Å². The van der Waals surface area contributed by atoms with E-state index < -0.39 is 10.0 Å². The Morgan fingerprint density at radius 3 is 2.67 bits per heavy atom. The second-order valence-electron chi connectivity index (χ2n) is 5.03. The van der Waals surface area contributed by atoms with Crippen molar-refractivity contribution in [2.45, 2.75) is 37.5 Å². The highest BCUT2D eigenvalue weighted by atomic mass is 79.9. The van der Waals surface area contributed by atoms with E-state index in [1.54, 1.807) is 18.2 Å². The topological polar surface area (TPSA) is 46.2 Å². The van der Waals surface area contributed by atoms with Gasteiger partial charge in [0, 0.05) is 11.0 Å². The Morgan fingerprint density at radius 1 is 1.39 bits per heavy atom. The first-order chi connectivity index (χ1) is 8.47. The van der Waals surface area contributed by atoms with Crippen LogP contribution >= 0.6 is 15.9 Å². The fourth-order valence-electron chi connectivity index (χ4n) is 2.19. The predicted molar refractivity (Wildman–Crippen MR) is 75.9 cm³/mol. The molecule has 0 atom stereocenters. The number of rotatable bonds is 6. The van der Waals surface area contributed by atoms with Crippen LogP contribution in [0.4, 0.5) is 0 Å². The van der Waals surface area contributed by atoms with E-state index >= 15 is 0 Å². The van der Waals surface area contributed by atoms with Gasteiger partial charge in [-0.05, 0) is 42.9 Å². The number of nitrogens with one attached hydrogen (secondary N) is 1. The van der Waals surface area contributed by atoms with Gasteiger partial charge in [-0.3, -0.25) is 0 Å². The van der Waals surface area contributed by atoms with Crippen molar-refractivity contribution in [3.05, 3.63) is 28.7 Å². The van der Waals surface area contributed by atoms with E-state index in [-0.39, 0.29) is 5.41 Å². The van der Waals surface area contributed by atoms with Crippen LogP contribution in [-0.2, 0) is 10.0 Å². The Kier molecular flexibility index (Phi) is 4.14. The minimum atomic E-state index is -3.37. The molecule has 1 fully saturated rings. The average Bonchev–Trinajstić information content (AvgIpc) is 3.08. The fraction of sp³-hybridized carbons (Fsp3) is 0.538. The molecular weight excluding hydrogens is 314 g/mol. The standard InChI is InChI=1S/C13H18BrNO2S/c1-2-6-13(7-8-13)10-15-18(16,17)12-5-3-4-11(14)9-12/h3-5,9,15H,2,6-8,10H2,1H3. The molecule has 0 saturated heterocycles. The maximum absolute atomic E-state index is 12.1. The van der Waals surface area contributed by atoms with Gasteiger partial charge in [0.15, 0.2) is 0 Å². The Hall–Kier alpha value is -0.390. The number of sulfonamides is 1. The lowest BCUT2D eigenvalue weighted by Crippen LogP contribution is -2.30. The molecular formula is C13H18BrNO2S. The normalized spacial score (nSPS) is 17.7. The monoisotopic (exact) mass is 331 g/mol. The average molecular weight is 332 g/mol. The molecule has 18 heavy (non-hydrogen) atoms. The number of hydrogen-bond donors (Lipinski definition) is 1. The minimum absolute atomic E-state index is 0.230. The van der Waals surface area contributed by atoms with Gasteiger partial charge in [-0.15, -0.1) is 0 Å². The SMILES string of the molecule is CCCC1(CNS(=O)(=O)c2cccc(Br)c2)CC1. The van der Waals surface area contributed by atoms with Gasteiger partial charge >= 0.3 is 0 Å². The van der Waals surface area contributed by atoms with E-state index in [2.05, 4.69) is 27.6 Å². The highest BCUT2D eigenvalue weighted by molar-refractivity contribution is 9.10. The van der Waals surface area contributed by atoms with E-state index in [0.29, 0.717) is 11.4 Å². The van der Waals surface area contributed by atoms with E-state index in [1.165, 1.54) is 0 Å². The lowest BCUT2D eigenvalue weighted by Gasteiger charge is -2.15. The molecule has 0 radical (unpaired) electrons. The summed E-state index contributed by atoms with van der Waals surface area (Å²) in [6, 6.07) is 6.80.